The summed E-state index contributed by atoms with van der Waals surface area (Å²) in [6.45, 7) is 2.81. The van der Waals surface area contributed by atoms with Gasteiger partial charge in [-0.25, -0.2) is 0 Å². The number of nitrogens with zero attached hydrogens (tertiary/aromatic N) is 1. The molecule has 0 atom stereocenters. The second-order valence-electron chi connectivity index (χ2n) is 6.87. The minimum atomic E-state index is -0.0854. The molecule has 0 radical (unpaired) electrons. The highest BCUT2D eigenvalue weighted by atomic mass is 35.5. The fraction of sp³-hybridized carbons (Fsp3) is 0.500. The van der Waals surface area contributed by atoms with E-state index in [2.05, 4.69) is 22.3 Å². The first kappa shape index (κ1) is 22.5. The zero-order valence-corrected chi connectivity index (χ0v) is 17.6. The van der Waals surface area contributed by atoms with E-state index in [4.69, 9.17) is 21.1 Å². The number of carbonyl (C=O) groups excluding carboxylic acids is 1. The number of hydrogen-bond acceptors (Lipinski definition) is 4. The predicted octanol–water partition coefficient (Wildman–Crippen LogP) is 4.08. The number of anilines is 1. The molecule has 1 N–H and O–H groups in total. The number of benzene rings is 2. The molecule has 0 fully saturated rings. The average Bonchev–Trinajstić information content (AvgIpc) is 2.71. The first-order valence-electron chi connectivity index (χ1n) is 9.82. The number of halogens is 1. The van der Waals surface area contributed by atoms with Crippen LogP contribution >= 0.6 is 11.6 Å². The summed E-state index contributed by atoms with van der Waals surface area (Å²) >= 11 is 5.62. The van der Waals surface area contributed by atoms with Crippen molar-refractivity contribution in [2.45, 2.75) is 19.3 Å². The second kappa shape index (κ2) is 12.6. The Kier molecular flexibility index (Phi) is 10.1. The quantitative estimate of drug-likeness (QED) is 0.402. The van der Waals surface area contributed by atoms with Crippen molar-refractivity contribution in [2.24, 2.45) is 0 Å². The Hall–Kier alpha value is -1.82. The van der Waals surface area contributed by atoms with Gasteiger partial charge in [0.1, 0.15) is 0 Å². The summed E-state index contributed by atoms with van der Waals surface area (Å²) in [4.78, 5) is 14.4. The molecule has 0 bridgehead atoms. The van der Waals surface area contributed by atoms with Gasteiger partial charge in [0.25, 0.3) is 5.91 Å². The molecule has 1 amide bonds. The van der Waals surface area contributed by atoms with E-state index in [0.29, 0.717) is 37.8 Å². The van der Waals surface area contributed by atoms with Gasteiger partial charge in [-0.3, -0.25) is 4.79 Å². The van der Waals surface area contributed by atoms with Gasteiger partial charge in [0.2, 0.25) is 0 Å². The molecule has 0 saturated carbocycles. The number of ether oxygens (including phenoxy) is 2. The lowest BCUT2D eigenvalue weighted by Gasteiger charge is -2.13. The Morgan fingerprint density at radius 2 is 1.64 bits per heavy atom. The Morgan fingerprint density at radius 1 is 0.929 bits per heavy atom. The number of carbonyl (C=O) groups is 1. The van der Waals surface area contributed by atoms with Crippen molar-refractivity contribution in [3.63, 3.8) is 0 Å². The normalized spacial score (nSPS) is 11.0. The molecule has 28 heavy (non-hydrogen) atoms. The van der Waals surface area contributed by atoms with E-state index in [1.54, 1.807) is 0 Å². The van der Waals surface area contributed by atoms with Crippen LogP contribution in [0.15, 0.2) is 36.4 Å². The predicted molar refractivity (Wildman–Crippen MR) is 117 cm³/mol. The molecule has 5 nitrogen and oxygen atoms in total. The van der Waals surface area contributed by atoms with Gasteiger partial charge in [0.05, 0.1) is 19.8 Å². The summed E-state index contributed by atoms with van der Waals surface area (Å²) in [7, 11) is 4.03. The summed E-state index contributed by atoms with van der Waals surface area (Å²) in [5, 5.41) is 5.07. The third-order valence-electron chi connectivity index (χ3n) is 4.43. The molecule has 2 aromatic rings. The van der Waals surface area contributed by atoms with Crippen molar-refractivity contribution in [2.75, 3.05) is 57.8 Å². The monoisotopic (exact) mass is 406 g/mol. The fourth-order valence-electron chi connectivity index (χ4n) is 2.79. The maximum absolute atomic E-state index is 12.3. The molecule has 0 spiro atoms. The van der Waals surface area contributed by atoms with E-state index in [9.17, 15) is 4.79 Å². The number of fused-ring (bicyclic) bond motifs is 1. The van der Waals surface area contributed by atoms with Crippen molar-refractivity contribution in [1.29, 1.82) is 0 Å². The molecule has 0 aromatic heterocycles. The molecule has 2 aromatic carbocycles. The maximum atomic E-state index is 12.3. The molecule has 6 heteroatoms. The Bertz CT molecular complexity index is 737. The summed E-state index contributed by atoms with van der Waals surface area (Å²) in [6.07, 6.45) is 3.17. The van der Waals surface area contributed by atoms with Crippen LogP contribution in [0, 0.1) is 0 Å². The van der Waals surface area contributed by atoms with Gasteiger partial charge >= 0.3 is 0 Å². The number of unbranched alkanes of at least 4 members (excludes halogenated alkanes) is 2. The van der Waals surface area contributed by atoms with Crippen molar-refractivity contribution in [3.05, 3.63) is 42.0 Å². The smallest absolute Gasteiger partial charge is 0.251 e. The van der Waals surface area contributed by atoms with Crippen LogP contribution in [0.5, 0.6) is 0 Å². The van der Waals surface area contributed by atoms with Gasteiger partial charge in [0.15, 0.2) is 0 Å². The van der Waals surface area contributed by atoms with Crippen molar-refractivity contribution in [3.8, 4) is 0 Å². The van der Waals surface area contributed by atoms with E-state index < -0.39 is 0 Å². The third kappa shape index (κ3) is 7.66. The van der Waals surface area contributed by atoms with Gasteiger partial charge in [0, 0.05) is 44.4 Å². The van der Waals surface area contributed by atoms with Crippen LogP contribution in [0.4, 0.5) is 5.69 Å². The largest absolute Gasteiger partial charge is 0.379 e. The van der Waals surface area contributed by atoms with Crippen LogP contribution < -0.4 is 10.2 Å². The standard InChI is InChI=1S/C22H31ClN2O3/c1-25(2)21-9-8-18-16-20(7-6-19(18)17-21)22(26)24-11-13-28-15-14-27-12-5-3-4-10-23/h6-9,16-17H,3-5,10-15H2,1-2H3,(H,24,26). The van der Waals surface area contributed by atoms with E-state index in [-0.39, 0.29) is 5.91 Å². The molecule has 0 aliphatic heterocycles. The molecule has 0 unspecified atom stereocenters. The second-order valence-corrected chi connectivity index (χ2v) is 7.25. The third-order valence-corrected chi connectivity index (χ3v) is 4.70. The molecule has 2 rings (SSSR count). The highest BCUT2D eigenvalue weighted by molar-refractivity contribution is 6.17. The Labute approximate surface area is 172 Å². The lowest BCUT2D eigenvalue weighted by Crippen LogP contribution is -2.27. The number of alkyl halides is 1. The van der Waals surface area contributed by atoms with E-state index >= 15 is 0 Å². The van der Waals surface area contributed by atoms with Crippen molar-refractivity contribution < 1.29 is 14.3 Å². The number of nitrogens with one attached hydrogen (secondary N) is 1. The minimum absolute atomic E-state index is 0.0854. The van der Waals surface area contributed by atoms with Gasteiger partial charge in [-0.2, -0.15) is 0 Å². The van der Waals surface area contributed by atoms with Crippen molar-refractivity contribution in [1.82, 2.24) is 5.32 Å². The maximum Gasteiger partial charge on any atom is 0.251 e. The SMILES string of the molecule is CN(C)c1ccc2cc(C(=O)NCCOCCOCCCCCCl)ccc2c1. The molecular weight excluding hydrogens is 376 g/mol. The van der Waals surface area contributed by atoms with E-state index in [1.165, 1.54) is 0 Å². The highest BCUT2D eigenvalue weighted by Crippen LogP contribution is 2.22. The van der Waals surface area contributed by atoms with Gasteiger partial charge in [-0.15, -0.1) is 11.6 Å². The molecule has 0 heterocycles. The average molecular weight is 407 g/mol. The number of rotatable bonds is 13. The lowest BCUT2D eigenvalue weighted by atomic mass is 10.1. The van der Waals surface area contributed by atoms with Crippen LogP contribution in [0.1, 0.15) is 29.6 Å². The highest BCUT2D eigenvalue weighted by Gasteiger charge is 2.06. The number of hydrogen-bond donors (Lipinski definition) is 1. The molecule has 0 saturated heterocycles. The topological polar surface area (TPSA) is 50.8 Å². The van der Waals surface area contributed by atoms with Crippen LogP contribution in [0.25, 0.3) is 10.8 Å². The first-order valence-corrected chi connectivity index (χ1v) is 10.4. The van der Waals surface area contributed by atoms with Crippen LogP contribution in [0.2, 0.25) is 0 Å². The summed E-state index contributed by atoms with van der Waals surface area (Å²) < 4.78 is 11.0. The van der Waals surface area contributed by atoms with E-state index in [0.717, 1.165) is 42.3 Å². The Balaban J connectivity index is 1.64. The molecule has 0 aliphatic rings. The van der Waals surface area contributed by atoms with Gasteiger partial charge in [-0.05, 0) is 54.3 Å². The van der Waals surface area contributed by atoms with Gasteiger partial charge < -0.3 is 19.7 Å². The lowest BCUT2D eigenvalue weighted by molar-refractivity contribution is 0.0469. The minimum Gasteiger partial charge on any atom is -0.379 e. The summed E-state index contributed by atoms with van der Waals surface area (Å²) in [6, 6.07) is 12.0. The number of amides is 1. The fourth-order valence-corrected chi connectivity index (χ4v) is 2.98. The van der Waals surface area contributed by atoms with Crippen molar-refractivity contribution >= 4 is 34.0 Å². The van der Waals surface area contributed by atoms with Gasteiger partial charge in [-0.1, -0.05) is 12.1 Å². The molecule has 154 valence electrons. The van der Waals surface area contributed by atoms with Crippen LogP contribution in [-0.4, -0.2) is 58.9 Å². The zero-order chi connectivity index (χ0) is 20.2. The van der Waals surface area contributed by atoms with Crippen LogP contribution in [0.3, 0.4) is 0 Å². The summed E-state index contributed by atoms with van der Waals surface area (Å²) in [5.74, 6) is 0.628. The Morgan fingerprint density at radius 3 is 2.39 bits per heavy atom. The van der Waals surface area contributed by atoms with Crippen LogP contribution in [-0.2, 0) is 9.47 Å². The first-order chi connectivity index (χ1) is 13.6. The molecule has 0 aliphatic carbocycles. The zero-order valence-electron chi connectivity index (χ0n) is 16.9. The summed E-state index contributed by atoms with van der Waals surface area (Å²) in [5.41, 5.74) is 1.80. The molecular formula is C22H31ClN2O3. The van der Waals surface area contributed by atoms with E-state index in [1.807, 2.05) is 38.4 Å².